The molecule has 4 heteroatoms. The molecule has 2 saturated heterocycles. The highest BCUT2D eigenvalue weighted by Gasteiger charge is 2.43. The molecule has 1 spiro atoms. The van der Waals surface area contributed by atoms with Crippen LogP contribution in [0, 0.1) is 0 Å². The van der Waals surface area contributed by atoms with Gasteiger partial charge in [0.25, 0.3) is 0 Å². The molecule has 0 bridgehead atoms. The molecule has 4 nitrogen and oxygen atoms in total. The molecule has 2 aliphatic rings. The number of carbonyl (C=O) groups excluding carboxylic acids is 1. The third-order valence-electron chi connectivity index (χ3n) is 3.23. The van der Waals surface area contributed by atoms with Crippen molar-refractivity contribution in [3.05, 3.63) is 0 Å². The predicted molar refractivity (Wildman–Crippen MR) is 51.0 cm³/mol. The Bertz CT molecular complexity index is 223. The Morgan fingerprint density at radius 2 is 2.14 bits per heavy atom. The van der Waals surface area contributed by atoms with Crippen LogP contribution in [0.15, 0.2) is 0 Å². The second-order valence-corrected chi connectivity index (χ2v) is 4.10. The Morgan fingerprint density at radius 1 is 1.43 bits per heavy atom. The van der Waals surface area contributed by atoms with Crippen LogP contribution >= 0.6 is 0 Å². The highest BCUT2D eigenvalue weighted by atomic mass is 16.6. The second-order valence-electron chi connectivity index (χ2n) is 4.10. The molecule has 2 fully saturated rings. The minimum absolute atomic E-state index is 0.0376. The zero-order valence-electron chi connectivity index (χ0n) is 8.54. The lowest BCUT2D eigenvalue weighted by molar-refractivity contribution is -0.159. The summed E-state index contributed by atoms with van der Waals surface area (Å²) >= 11 is 0. The van der Waals surface area contributed by atoms with Crippen LogP contribution in [-0.4, -0.2) is 37.9 Å². The Labute approximate surface area is 84.0 Å². The molecule has 14 heavy (non-hydrogen) atoms. The fraction of sp³-hybridized carbons (Fsp3) is 0.900. The third kappa shape index (κ3) is 1.77. The Hall–Kier alpha value is -0.610. The van der Waals surface area contributed by atoms with E-state index in [1.54, 1.807) is 0 Å². The first-order valence-corrected chi connectivity index (χ1v) is 5.22. The summed E-state index contributed by atoms with van der Waals surface area (Å²) in [5, 5.41) is 3.30. The van der Waals surface area contributed by atoms with Gasteiger partial charge in [0.15, 0.2) is 6.10 Å². The number of esters is 1. The van der Waals surface area contributed by atoms with Gasteiger partial charge in [-0.1, -0.05) is 0 Å². The van der Waals surface area contributed by atoms with E-state index in [-0.39, 0.29) is 17.7 Å². The van der Waals surface area contributed by atoms with Gasteiger partial charge in [-0.3, -0.25) is 0 Å². The van der Waals surface area contributed by atoms with Crippen LogP contribution in [0.2, 0.25) is 0 Å². The predicted octanol–water partition coefficient (Wildman–Crippen LogP) is 0.461. The van der Waals surface area contributed by atoms with E-state index in [9.17, 15) is 4.79 Å². The van der Waals surface area contributed by atoms with Gasteiger partial charge in [0.2, 0.25) is 0 Å². The molecule has 80 valence electrons. The van der Waals surface area contributed by atoms with Crippen LogP contribution in [0.5, 0.6) is 0 Å². The maximum absolute atomic E-state index is 11.3. The molecule has 1 N–H and O–H groups in total. The number of hydrogen-bond acceptors (Lipinski definition) is 4. The van der Waals surface area contributed by atoms with Crippen LogP contribution in [-0.2, 0) is 14.3 Å². The number of rotatable bonds is 1. The lowest BCUT2D eigenvalue weighted by atomic mass is 9.89. The van der Waals surface area contributed by atoms with E-state index >= 15 is 0 Å². The first-order chi connectivity index (χ1) is 6.76. The van der Waals surface area contributed by atoms with Crippen LogP contribution < -0.4 is 5.32 Å². The first-order valence-electron chi connectivity index (χ1n) is 5.22. The standard InChI is InChI=1S/C10H17NO3/c1-13-9(12)8-2-3-10(14-8)4-6-11-7-5-10/h8,11H,2-7H2,1H3/t8-/m1/s1. The summed E-state index contributed by atoms with van der Waals surface area (Å²) in [4.78, 5) is 11.3. The van der Waals surface area contributed by atoms with Crippen LogP contribution in [0.4, 0.5) is 0 Å². The topological polar surface area (TPSA) is 47.6 Å². The molecule has 0 aromatic heterocycles. The van der Waals surface area contributed by atoms with E-state index in [1.807, 2.05) is 0 Å². The molecule has 2 aliphatic heterocycles. The molecule has 0 aromatic carbocycles. The van der Waals surface area contributed by atoms with Gasteiger partial charge >= 0.3 is 5.97 Å². The Kier molecular flexibility index (Phi) is 2.74. The van der Waals surface area contributed by atoms with E-state index in [0.717, 1.165) is 38.8 Å². The summed E-state index contributed by atoms with van der Waals surface area (Å²) in [5.41, 5.74) is -0.0376. The molecule has 1 atom stereocenters. The molecular weight excluding hydrogens is 182 g/mol. The normalized spacial score (nSPS) is 30.5. The summed E-state index contributed by atoms with van der Waals surface area (Å²) in [6.45, 7) is 1.99. The molecule has 0 saturated carbocycles. The molecule has 2 rings (SSSR count). The van der Waals surface area contributed by atoms with E-state index < -0.39 is 0 Å². The van der Waals surface area contributed by atoms with Crippen molar-refractivity contribution in [2.45, 2.75) is 37.4 Å². The fourth-order valence-electron chi connectivity index (χ4n) is 2.36. The molecule has 0 aromatic rings. The number of methoxy groups -OCH3 is 1. The van der Waals surface area contributed by atoms with Gasteiger partial charge in [-0.05, 0) is 38.8 Å². The SMILES string of the molecule is COC(=O)[C@H]1CCC2(CCNCC2)O1. The van der Waals surface area contributed by atoms with Crippen molar-refractivity contribution in [2.75, 3.05) is 20.2 Å². The Morgan fingerprint density at radius 3 is 2.79 bits per heavy atom. The Balaban J connectivity index is 1.95. The molecule has 0 radical (unpaired) electrons. The highest BCUT2D eigenvalue weighted by molar-refractivity contribution is 5.74. The quantitative estimate of drug-likeness (QED) is 0.623. The average molecular weight is 199 g/mol. The van der Waals surface area contributed by atoms with Crippen molar-refractivity contribution >= 4 is 5.97 Å². The maximum atomic E-state index is 11.3. The summed E-state index contributed by atoms with van der Waals surface area (Å²) in [6.07, 6.45) is 3.51. The van der Waals surface area contributed by atoms with Crippen LogP contribution in [0.25, 0.3) is 0 Å². The largest absolute Gasteiger partial charge is 0.467 e. The van der Waals surface area contributed by atoms with Gasteiger partial charge in [0, 0.05) is 0 Å². The molecular formula is C10H17NO3. The average Bonchev–Trinajstić information content (AvgIpc) is 2.62. The smallest absolute Gasteiger partial charge is 0.335 e. The molecule has 0 unspecified atom stereocenters. The lowest BCUT2D eigenvalue weighted by Crippen LogP contribution is -2.42. The maximum Gasteiger partial charge on any atom is 0.335 e. The van der Waals surface area contributed by atoms with E-state index in [1.165, 1.54) is 7.11 Å². The number of piperidine rings is 1. The van der Waals surface area contributed by atoms with E-state index in [0.29, 0.717) is 0 Å². The number of carbonyl (C=O) groups is 1. The van der Waals surface area contributed by atoms with Gasteiger partial charge < -0.3 is 14.8 Å². The number of nitrogens with one attached hydrogen (secondary N) is 1. The van der Waals surface area contributed by atoms with Crippen molar-refractivity contribution in [2.24, 2.45) is 0 Å². The van der Waals surface area contributed by atoms with Gasteiger partial charge in [-0.2, -0.15) is 0 Å². The van der Waals surface area contributed by atoms with Crippen molar-refractivity contribution in [1.29, 1.82) is 0 Å². The van der Waals surface area contributed by atoms with Crippen molar-refractivity contribution in [1.82, 2.24) is 5.32 Å². The summed E-state index contributed by atoms with van der Waals surface area (Å²) in [5.74, 6) is -0.222. The molecule has 0 aliphatic carbocycles. The van der Waals surface area contributed by atoms with Gasteiger partial charge in [-0.15, -0.1) is 0 Å². The van der Waals surface area contributed by atoms with Gasteiger partial charge in [0.1, 0.15) is 0 Å². The minimum Gasteiger partial charge on any atom is -0.467 e. The number of hydrogen-bond donors (Lipinski definition) is 1. The van der Waals surface area contributed by atoms with Crippen molar-refractivity contribution in [3.63, 3.8) is 0 Å². The first kappa shape index (κ1) is 9.93. The van der Waals surface area contributed by atoms with E-state index in [2.05, 4.69) is 10.1 Å². The second kappa shape index (κ2) is 3.87. The summed E-state index contributed by atoms with van der Waals surface area (Å²) < 4.78 is 10.5. The summed E-state index contributed by atoms with van der Waals surface area (Å²) in [7, 11) is 1.42. The zero-order chi connectivity index (χ0) is 10.0. The van der Waals surface area contributed by atoms with Crippen molar-refractivity contribution in [3.8, 4) is 0 Å². The minimum atomic E-state index is -0.321. The van der Waals surface area contributed by atoms with E-state index in [4.69, 9.17) is 4.74 Å². The molecule has 2 heterocycles. The van der Waals surface area contributed by atoms with Gasteiger partial charge in [-0.25, -0.2) is 4.79 Å². The van der Waals surface area contributed by atoms with Gasteiger partial charge in [0.05, 0.1) is 12.7 Å². The fourth-order valence-corrected chi connectivity index (χ4v) is 2.36. The summed E-state index contributed by atoms with van der Waals surface area (Å²) in [6, 6.07) is 0. The third-order valence-corrected chi connectivity index (χ3v) is 3.23. The zero-order valence-corrected chi connectivity index (χ0v) is 8.54. The monoisotopic (exact) mass is 199 g/mol. The lowest BCUT2D eigenvalue weighted by Gasteiger charge is -2.33. The number of ether oxygens (including phenoxy) is 2. The highest BCUT2D eigenvalue weighted by Crippen LogP contribution is 2.37. The van der Waals surface area contributed by atoms with Crippen molar-refractivity contribution < 1.29 is 14.3 Å². The van der Waals surface area contributed by atoms with Crippen LogP contribution in [0.3, 0.4) is 0 Å². The molecule has 0 amide bonds. The van der Waals surface area contributed by atoms with Crippen LogP contribution in [0.1, 0.15) is 25.7 Å².